The van der Waals surface area contributed by atoms with Crippen molar-refractivity contribution in [3.8, 4) is 0 Å². The van der Waals surface area contributed by atoms with Gasteiger partial charge in [-0.1, -0.05) is 41.5 Å². The van der Waals surface area contributed by atoms with Crippen LogP contribution in [0, 0.1) is 11.8 Å². The molecule has 4 heteroatoms. The molecule has 2 heterocycles. The minimum atomic E-state index is -0.308. The van der Waals surface area contributed by atoms with Crippen molar-refractivity contribution in [2.24, 2.45) is 11.8 Å². The largest absolute Gasteiger partial charge is 0.245 e. The van der Waals surface area contributed by atoms with Crippen LogP contribution < -0.4 is 0 Å². The lowest BCUT2D eigenvalue weighted by atomic mass is 9.76. The Labute approximate surface area is 177 Å². The topological polar surface area (TPSA) is 35.6 Å². The van der Waals surface area contributed by atoms with Gasteiger partial charge in [0.2, 0.25) is 0 Å². The molecule has 0 aliphatic heterocycles. The summed E-state index contributed by atoms with van der Waals surface area (Å²) in [6.45, 7) is 18.6. The van der Waals surface area contributed by atoms with E-state index >= 15 is 0 Å². The summed E-state index contributed by atoms with van der Waals surface area (Å²) >= 11 is 0. The number of fused-ring (bicyclic) bond motifs is 2. The smallest absolute Gasteiger partial charge is 0.148 e. The second-order valence-electron chi connectivity index (χ2n) is 11.0. The van der Waals surface area contributed by atoms with E-state index in [0.717, 1.165) is 0 Å². The molecule has 0 N–H and O–H groups in total. The van der Waals surface area contributed by atoms with E-state index in [-0.39, 0.29) is 5.66 Å². The van der Waals surface area contributed by atoms with Crippen molar-refractivity contribution in [3.63, 3.8) is 0 Å². The average molecular weight is 397 g/mol. The Kier molecular flexibility index (Phi) is 5.19. The molecule has 0 aromatic carbocycles. The van der Waals surface area contributed by atoms with Crippen LogP contribution in [0.15, 0.2) is 12.4 Å². The first-order valence-electron chi connectivity index (χ1n) is 11.8. The van der Waals surface area contributed by atoms with E-state index in [4.69, 9.17) is 10.2 Å². The molecule has 0 spiro atoms. The van der Waals surface area contributed by atoms with E-state index in [9.17, 15) is 0 Å². The second-order valence-corrected chi connectivity index (χ2v) is 11.0. The summed E-state index contributed by atoms with van der Waals surface area (Å²) in [5.74, 6) is 3.67. The maximum atomic E-state index is 5.15. The molecule has 0 amide bonds. The van der Waals surface area contributed by atoms with Crippen LogP contribution in [0.2, 0.25) is 0 Å². The van der Waals surface area contributed by atoms with E-state index in [2.05, 4.69) is 77.1 Å². The van der Waals surface area contributed by atoms with Gasteiger partial charge in [-0.05, 0) is 74.3 Å². The monoisotopic (exact) mass is 396 g/mol. The summed E-state index contributed by atoms with van der Waals surface area (Å²) < 4.78 is 4.39. The summed E-state index contributed by atoms with van der Waals surface area (Å²) in [7, 11) is 0. The minimum Gasteiger partial charge on any atom is -0.245 e. The van der Waals surface area contributed by atoms with E-state index < -0.39 is 0 Å². The zero-order chi connectivity index (χ0) is 21.1. The van der Waals surface area contributed by atoms with Gasteiger partial charge in [-0.15, -0.1) is 0 Å². The fraction of sp³-hybridized carbons (Fsp3) is 0.760. The predicted molar refractivity (Wildman–Crippen MR) is 120 cm³/mol. The van der Waals surface area contributed by atoms with Gasteiger partial charge >= 0.3 is 0 Å². The van der Waals surface area contributed by atoms with Crippen LogP contribution in [-0.2, 0) is 5.66 Å². The first-order chi connectivity index (χ1) is 13.6. The van der Waals surface area contributed by atoms with Crippen LogP contribution in [0.4, 0.5) is 0 Å². The third-order valence-corrected chi connectivity index (χ3v) is 7.83. The Balaban J connectivity index is 1.75. The van der Waals surface area contributed by atoms with Crippen molar-refractivity contribution >= 4 is 0 Å². The van der Waals surface area contributed by atoms with Gasteiger partial charge in [0.1, 0.15) is 5.66 Å². The maximum absolute atomic E-state index is 5.15. The zero-order valence-corrected chi connectivity index (χ0v) is 19.7. The van der Waals surface area contributed by atoms with Crippen molar-refractivity contribution in [2.45, 2.75) is 110 Å². The Morgan fingerprint density at radius 3 is 1.48 bits per heavy atom. The lowest BCUT2D eigenvalue weighted by Crippen LogP contribution is -2.36. The lowest BCUT2D eigenvalue weighted by molar-refractivity contribution is 0.232. The molecule has 0 fully saturated rings. The molecule has 2 aliphatic rings. The molecular weight excluding hydrogens is 356 g/mol. The first-order valence-corrected chi connectivity index (χ1v) is 11.8. The van der Waals surface area contributed by atoms with E-state index in [1.54, 1.807) is 0 Å². The quantitative estimate of drug-likeness (QED) is 0.584. The van der Waals surface area contributed by atoms with Crippen LogP contribution in [-0.4, -0.2) is 19.6 Å². The number of hydrogen-bond acceptors (Lipinski definition) is 2. The van der Waals surface area contributed by atoms with Gasteiger partial charge in [0.25, 0.3) is 0 Å². The molecule has 4 rings (SSSR count). The summed E-state index contributed by atoms with van der Waals surface area (Å²) in [5.41, 5.74) is 5.26. The van der Waals surface area contributed by atoms with E-state index in [0.29, 0.717) is 35.5 Å². The highest BCUT2D eigenvalue weighted by Crippen LogP contribution is 2.44. The highest BCUT2D eigenvalue weighted by atomic mass is 15.5. The molecule has 2 aliphatic carbocycles. The van der Waals surface area contributed by atoms with Crippen LogP contribution in [0.25, 0.3) is 0 Å². The number of nitrogens with zero attached hydrogens (tertiary/aromatic N) is 4. The van der Waals surface area contributed by atoms with Gasteiger partial charge in [-0.3, -0.25) is 0 Å². The van der Waals surface area contributed by atoms with Gasteiger partial charge in [0.05, 0.1) is 11.4 Å². The highest BCUT2D eigenvalue weighted by molar-refractivity contribution is 5.31. The first kappa shape index (κ1) is 20.7. The summed E-state index contributed by atoms with van der Waals surface area (Å²) in [6, 6.07) is 0. The van der Waals surface area contributed by atoms with Gasteiger partial charge in [0, 0.05) is 24.2 Å². The fourth-order valence-corrected chi connectivity index (χ4v) is 5.63. The third kappa shape index (κ3) is 3.37. The van der Waals surface area contributed by atoms with Crippen LogP contribution in [0.3, 0.4) is 0 Å². The van der Waals surface area contributed by atoms with Crippen LogP contribution >= 0.6 is 0 Å². The summed E-state index contributed by atoms with van der Waals surface area (Å²) in [6.07, 6.45) is 9.72. The van der Waals surface area contributed by atoms with Crippen molar-refractivity contribution in [3.05, 3.63) is 34.9 Å². The predicted octanol–water partition coefficient (Wildman–Crippen LogP) is 6.59. The average Bonchev–Trinajstić information content (AvgIpc) is 3.28. The molecular formula is C25H40N4. The lowest BCUT2D eigenvalue weighted by Gasteiger charge is -2.28. The van der Waals surface area contributed by atoms with Crippen molar-refractivity contribution < 1.29 is 0 Å². The fourth-order valence-electron chi connectivity index (χ4n) is 5.63. The summed E-state index contributed by atoms with van der Waals surface area (Å²) in [4.78, 5) is 0. The van der Waals surface area contributed by atoms with Gasteiger partial charge < -0.3 is 0 Å². The van der Waals surface area contributed by atoms with E-state index in [1.807, 2.05) is 0 Å². The molecule has 0 saturated carbocycles. The Morgan fingerprint density at radius 2 is 1.14 bits per heavy atom. The molecule has 2 aromatic rings. The Hall–Kier alpha value is -1.58. The SMILES string of the molecule is CC(C)[C@@H]1CC[C@@H](C)c2nn(C(C)(C)n3cc4c(n3)[C@H](C)CC[C@@H]4C(C)C)cc21. The van der Waals surface area contributed by atoms with Crippen molar-refractivity contribution in [1.29, 1.82) is 0 Å². The number of hydrogen-bond donors (Lipinski definition) is 0. The standard InChI is InChI=1S/C25H40N4/c1-15(2)19-11-9-17(5)23-21(19)13-28(26-23)25(7,8)29-14-22-20(16(3)4)12-10-18(6)24(22)27-29/h13-20H,9-12H2,1-8H3/t17-,18-,19-,20+/m1/s1. The Morgan fingerprint density at radius 1 is 0.759 bits per heavy atom. The summed E-state index contributed by atoms with van der Waals surface area (Å²) in [5, 5.41) is 10.3. The zero-order valence-electron chi connectivity index (χ0n) is 19.7. The molecule has 0 bridgehead atoms. The van der Waals surface area contributed by atoms with Crippen LogP contribution in [0.1, 0.15) is 127 Å². The van der Waals surface area contributed by atoms with E-state index in [1.165, 1.54) is 48.2 Å². The molecule has 0 radical (unpaired) electrons. The van der Waals surface area contributed by atoms with Crippen LogP contribution in [0.5, 0.6) is 0 Å². The normalized spacial score (nSPS) is 27.4. The van der Waals surface area contributed by atoms with Crippen molar-refractivity contribution in [2.75, 3.05) is 0 Å². The maximum Gasteiger partial charge on any atom is 0.148 e. The minimum absolute atomic E-state index is 0.308. The highest BCUT2D eigenvalue weighted by Gasteiger charge is 2.36. The molecule has 160 valence electrons. The molecule has 0 saturated heterocycles. The van der Waals surface area contributed by atoms with Gasteiger partial charge in [0.15, 0.2) is 0 Å². The van der Waals surface area contributed by atoms with Gasteiger partial charge in [-0.25, -0.2) is 9.36 Å². The number of aromatic nitrogens is 4. The molecule has 4 nitrogen and oxygen atoms in total. The molecule has 29 heavy (non-hydrogen) atoms. The Bertz CT molecular complexity index is 799. The van der Waals surface area contributed by atoms with Gasteiger partial charge in [-0.2, -0.15) is 10.2 Å². The molecule has 0 unspecified atom stereocenters. The van der Waals surface area contributed by atoms with Crippen molar-refractivity contribution in [1.82, 2.24) is 19.6 Å². The molecule has 4 atom stereocenters. The molecule has 2 aromatic heterocycles. The second kappa shape index (κ2) is 7.28. The third-order valence-electron chi connectivity index (χ3n) is 7.83. The number of rotatable bonds is 4.